The van der Waals surface area contributed by atoms with Gasteiger partial charge in [-0.3, -0.25) is 10.8 Å². The van der Waals surface area contributed by atoms with Crippen molar-refractivity contribution in [3.8, 4) is 0 Å². The lowest BCUT2D eigenvalue weighted by Crippen LogP contribution is -2.30. The molecule has 0 radical (unpaired) electrons. The summed E-state index contributed by atoms with van der Waals surface area (Å²) in [5.74, 6) is 5.99. The number of nitrogens with one attached hydrogen (secondary N) is 1. The Morgan fingerprint density at radius 1 is 1.39 bits per heavy atom. The average Bonchev–Trinajstić information content (AvgIpc) is 2.36. The molecule has 6 heteroatoms. The van der Waals surface area contributed by atoms with E-state index >= 15 is 0 Å². The second kappa shape index (κ2) is 5.30. The van der Waals surface area contributed by atoms with Gasteiger partial charge in [-0.2, -0.15) is 0 Å². The van der Waals surface area contributed by atoms with Crippen LogP contribution < -0.4 is 17.0 Å². The van der Waals surface area contributed by atoms with Crippen LogP contribution in [0.5, 0.6) is 0 Å². The molecule has 0 bridgehead atoms. The lowest BCUT2D eigenvalue weighted by Gasteiger charge is -2.19. The molecule has 0 spiro atoms. The molecule has 0 aromatic carbocycles. The number of hydrogen-bond donors (Lipinski definition) is 3. The van der Waals surface area contributed by atoms with Crippen molar-refractivity contribution in [3.05, 3.63) is 52.4 Å². The number of nitrogens with two attached hydrogens (primary N) is 2. The number of aryl methyl sites for hydroxylation is 1. The molecule has 0 aliphatic rings. The van der Waals surface area contributed by atoms with Gasteiger partial charge in [-0.25, -0.2) is 10.4 Å². The Morgan fingerprint density at radius 3 is 2.83 bits per heavy atom. The predicted octanol–water partition coefficient (Wildman–Crippen LogP) is 1.57. The van der Waals surface area contributed by atoms with Crippen LogP contribution in [0.3, 0.4) is 0 Å². The molecule has 0 fully saturated rings. The summed E-state index contributed by atoms with van der Waals surface area (Å²) in [5.41, 5.74) is 11.1. The molecular weight excluding hydrogens is 250 g/mol. The SMILES string of the molecule is Cc1cccnc1C(NN)c1cc(Cl)cnc1N. The molecule has 2 rings (SSSR count). The van der Waals surface area contributed by atoms with Gasteiger partial charge in [-0.1, -0.05) is 17.7 Å². The molecule has 2 aromatic heterocycles. The number of hydrazine groups is 1. The fourth-order valence-corrected chi connectivity index (χ4v) is 1.98. The van der Waals surface area contributed by atoms with Gasteiger partial charge in [-0.05, 0) is 24.6 Å². The number of halogens is 1. The van der Waals surface area contributed by atoms with Gasteiger partial charge in [0.25, 0.3) is 0 Å². The maximum Gasteiger partial charge on any atom is 0.128 e. The first kappa shape index (κ1) is 12.8. The zero-order valence-electron chi connectivity index (χ0n) is 9.89. The van der Waals surface area contributed by atoms with Crippen molar-refractivity contribution in [2.24, 2.45) is 5.84 Å². The van der Waals surface area contributed by atoms with Crippen LogP contribution in [0.1, 0.15) is 22.9 Å². The number of hydrogen-bond acceptors (Lipinski definition) is 5. The number of nitrogens with zero attached hydrogens (tertiary/aromatic N) is 2. The lowest BCUT2D eigenvalue weighted by molar-refractivity contribution is 0.617. The molecule has 0 aliphatic heterocycles. The highest BCUT2D eigenvalue weighted by Crippen LogP contribution is 2.27. The predicted molar refractivity (Wildman–Crippen MR) is 71.8 cm³/mol. The van der Waals surface area contributed by atoms with Gasteiger partial charge >= 0.3 is 0 Å². The van der Waals surface area contributed by atoms with Crippen LogP contribution >= 0.6 is 11.6 Å². The minimum Gasteiger partial charge on any atom is -0.383 e. The van der Waals surface area contributed by atoms with Crippen LogP contribution in [-0.4, -0.2) is 9.97 Å². The van der Waals surface area contributed by atoms with Gasteiger partial charge in [0.15, 0.2) is 0 Å². The molecule has 5 nitrogen and oxygen atoms in total. The second-order valence-corrected chi connectivity index (χ2v) is 4.37. The number of rotatable bonds is 3. The zero-order chi connectivity index (χ0) is 13.1. The number of nitrogen functional groups attached to an aromatic ring is 1. The van der Waals surface area contributed by atoms with Crippen molar-refractivity contribution in [2.45, 2.75) is 13.0 Å². The highest BCUT2D eigenvalue weighted by Gasteiger charge is 2.19. The van der Waals surface area contributed by atoms with Gasteiger partial charge < -0.3 is 5.73 Å². The molecule has 0 saturated heterocycles. The third-order valence-corrected chi connectivity index (χ3v) is 2.92. The standard InChI is InChI=1S/C12H14ClN5/c1-7-3-2-4-16-10(7)11(18-15)9-5-8(13)6-17-12(9)14/h2-6,11,18H,15H2,1H3,(H2,14,17). The van der Waals surface area contributed by atoms with Gasteiger partial charge in [0.05, 0.1) is 16.8 Å². The summed E-state index contributed by atoms with van der Waals surface area (Å²) < 4.78 is 0. The highest BCUT2D eigenvalue weighted by molar-refractivity contribution is 6.30. The van der Waals surface area contributed by atoms with Crippen LogP contribution in [0.4, 0.5) is 5.82 Å². The summed E-state index contributed by atoms with van der Waals surface area (Å²) in [6, 6.07) is 5.23. The van der Waals surface area contributed by atoms with Crippen molar-refractivity contribution in [1.29, 1.82) is 0 Å². The van der Waals surface area contributed by atoms with Crippen molar-refractivity contribution in [3.63, 3.8) is 0 Å². The molecule has 2 heterocycles. The van der Waals surface area contributed by atoms with Crippen LogP contribution in [0, 0.1) is 6.92 Å². The van der Waals surface area contributed by atoms with E-state index in [-0.39, 0.29) is 6.04 Å². The van der Waals surface area contributed by atoms with Crippen molar-refractivity contribution in [2.75, 3.05) is 5.73 Å². The minimum absolute atomic E-state index is 0.336. The molecule has 1 unspecified atom stereocenters. The average molecular weight is 264 g/mol. The maximum atomic E-state index is 5.94. The fourth-order valence-electron chi connectivity index (χ4n) is 1.81. The first-order chi connectivity index (χ1) is 8.63. The molecule has 0 saturated carbocycles. The van der Waals surface area contributed by atoms with Crippen molar-refractivity contribution < 1.29 is 0 Å². The van der Waals surface area contributed by atoms with E-state index in [1.807, 2.05) is 19.1 Å². The third-order valence-electron chi connectivity index (χ3n) is 2.72. The molecule has 0 amide bonds. The van der Waals surface area contributed by atoms with Crippen LogP contribution in [0.2, 0.25) is 5.02 Å². The first-order valence-electron chi connectivity index (χ1n) is 5.42. The summed E-state index contributed by atoms with van der Waals surface area (Å²) in [6.07, 6.45) is 3.21. The van der Waals surface area contributed by atoms with Gasteiger partial charge in [0.1, 0.15) is 5.82 Å². The van der Waals surface area contributed by atoms with Crippen molar-refractivity contribution in [1.82, 2.24) is 15.4 Å². The third kappa shape index (κ3) is 2.43. The molecule has 0 aliphatic carbocycles. The van der Waals surface area contributed by atoms with Crippen LogP contribution in [-0.2, 0) is 0 Å². The van der Waals surface area contributed by atoms with Gasteiger partial charge in [-0.15, -0.1) is 0 Å². The van der Waals surface area contributed by atoms with E-state index in [0.717, 1.165) is 11.3 Å². The first-order valence-corrected chi connectivity index (χ1v) is 5.80. The number of anilines is 1. The summed E-state index contributed by atoms with van der Waals surface area (Å²) >= 11 is 5.94. The lowest BCUT2D eigenvalue weighted by atomic mass is 10.0. The Hall–Kier alpha value is -1.69. The highest BCUT2D eigenvalue weighted by atomic mass is 35.5. The Labute approximate surface area is 110 Å². The van der Waals surface area contributed by atoms with E-state index in [1.54, 1.807) is 12.3 Å². The van der Waals surface area contributed by atoms with E-state index in [9.17, 15) is 0 Å². The molecule has 5 N–H and O–H groups in total. The second-order valence-electron chi connectivity index (χ2n) is 3.93. The summed E-state index contributed by atoms with van der Waals surface area (Å²) in [7, 11) is 0. The Morgan fingerprint density at radius 2 is 2.17 bits per heavy atom. The minimum atomic E-state index is -0.336. The summed E-state index contributed by atoms with van der Waals surface area (Å²) in [4.78, 5) is 8.35. The zero-order valence-corrected chi connectivity index (χ0v) is 10.6. The van der Waals surface area contributed by atoms with E-state index in [1.165, 1.54) is 6.20 Å². The molecule has 1 atom stereocenters. The van der Waals surface area contributed by atoms with E-state index in [0.29, 0.717) is 16.4 Å². The number of pyridine rings is 2. The normalized spacial score (nSPS) is 12.4. The van der Waals surface area contributed by atoms with Gasteiger partial charge in [0, 0.05) is 18.0 Å². The Bertz CT molecular complexity index is 558. The molecule has 94 valence electrons. The topological polar surface area (TPSA) is 89.8 Å². The quantitative estimate of drug-likeness (QED) is 0.578. The van der Waals surface area contributed by atoms with Gasteiger partial charge in [0.2, 0.25) is 0 Å². The van der Waals surface area contributed by atoms with Crippen LogP contribution in [0.25, 0.3) is 0 Å². The van der Waals surface area contributed by atoms with E-state index < -0.39 is 0 Å². The Kier molecular flexibility index (Phi) is 3.76. The van der Waals surface area contributed by atoms with E-state index in [4.69, 9.17) is 23.2 Å². The molecular formula is C12H14ClN5. The Balaban J connectivity index is 2.52. The van der Waals surface area contributed by atoms with Crippen LogP contribution in [0.15, 0.2) is 30.6 Å². The summed E-state index contributed by atoms with van der Waals surface area (Å²) in [6.45, 7) is 1.96. The molecule has 2 aromatic rings. The smallest absolute Gasteiger partial charge is 0.128 e. The largest absolute Gasteiger partial charge is 0.383 e. The van der Waals surface area contributed by atoms with Crippen molar-refractivity contribution >= 4 is 17.4 Å². The summed E-state index contributed by atoms with van der Waals surface area (Å²) in [5, 5.41) is 0.507. The molecule has 18 heavy (non-hydrogen) atoms. The fraction of sp³-hybridized carbons (Fsp3) is 0.167. The number of aromatic nitrogens is 2. The van der Waals surface area contributed by atoms with E-state index in [2.05, 4.69) is 15.4 Å². The monoisotopic (exact) mass is 263 g/mol. The maximum absolute atomic E-state index is 5.94.